The van der Waals surface area contributed by atoms with Crippen molar-refractivity contribution in [3.8, 4) is 0 Å². The Morgan fingerprint density at radius 2 is 2.32 bits per heavy atom. The zero-order chi connectivity index (χ0) is 14.0. The number of hydrogen-bond acceptors (Lipinski definition) is 4. The molecule has 0 spiro atoms. The number of aryl methyl sites for hydroxylation is 1. The van der Waals surface area contributed by atoms with Crippen LogP contribution in [0.4, 0.5) is 0 Å². The lowest BCUT2D eigenvalue weighted by molar-refractivity contribution is 0.398. The molecule has 1 aromatic heterocycles. The van der Waals surface area contributed by atoms with Gasteiger partial charge in [0.25, 0.3) is 0 Å². The van der Waals surface area contributed by atoms with Crippen molar-refractivity contribution in [1.29, 1.82) is 0 Å². The smallest absolute Gasteiger partial charge is 0.150 e. The van der Waals surface area contributed by atoms with E-state index >= 15 is 0 Å². The molecule has 0 aliphatic carbocycles. The molecule has 6 heteroatoms. The Kier molecular flexibility index (Phi) is 5.09. The van der Waals surface area contributed by atoms with Gasteiger partial charge in [0.2, 0.25) is 0 Å². The van der Waals surface area contributed by atoms with Gasteiger partial charge >= 0.3 is 0 Å². The van der Waals surface area contributed by atoms with Gasteiger partial charge in [-0.15, -0.1) is 11.3 Å². The van der Waals surface area contributed by atoms with E-state index in [9.17, 15) is 8.42 Å². The van der Waals surface area contributed by atoms with Gasteiger partial charge < -0.3 is 5.32 Å². The molecule has 0 bridgehead atoms. The minimum absolute atomic E-state index is 0.173. The van der Waals surface area contributed by atoms with E-state index in [4.69, 9.17) is 0 Å². The number of thiophene rings is 1. The summed E-state index contributed by atoms with van der Waals surface area (Å²) in [4.78, 5) is 1.25. The molecule has 108 valence electrons. The van der Waals surface area contributed by atoms with E-state index in [-0.39, 0.29) is 12.0 Å². The van der Waals surface area contributed by atoms with E-state index in [1.807, 2.05) is 0 Å². The summed E-state index contributed by atoms with van der Waals surface area (Å²) in [6, 6.07) is 2.35. The van der Waals surface area contributed by atoms with Crippen molar-refractivity contribution >= 4 is 37.1 Å². The van der Waals surface area contributed by atoms with Crippen molar-refractivity contribution in [3.63, 3.8) is 0 Å². The molecular weight excluding hydrogens is 346 g/mol. The third-order valence-electron chi connectivity index (χ3n) is 3.54. The normalized spacial score (nSPS) is 23.6. The third-order valence-corrected chi connectivity index (χ3v) is 7.55. The Labute approximate surface area is 127 Å². The first-order valence-electron chi connectivity index (χ1n) is 6.62. The fourth-order valence-electron chi connectivity index (χ4n) is 2.52. The molecular formula is C13H20BrNO2S2. The number of hydrogen-bond donors (Lipinski definition) is 1. The van der Waals surface area contributed by atoms with Crippen LogP contribution in [0.25, 0.3) is 0 Å². The highest BCUT2D eigenvalue weighted by atomic mass is 79.9. The highest BCUT2D eigenvalue weighted by Gasteiger charge is 2.35. The van der Waals surface area contributed by atoms with Crippen molar-refractivity contribution in [2.45, 2.75) is 32.7 Å². The molecule has 0 radical (unpaired) electrons. The molecule has 2 rings (SSSR count). The average Bonchev–Trinajstić information content (AvgIpc) is 2.84. The summed E-state index contributed by atoms with van der Waals surface area (Å²) >= 11 is 5.28. The fourth-order valence-corrected chi connectivity index (χ4v) is 6.10. The fraction of sp³-hybridized carbons (Fsp3) is 0.692. The highest BCUT2D eigenvalue weighted by molar-refractivity contribution is 9.11. The van der Waals surface area contributed by atoms with Gasteiger partial charge in [0.1, 0.15) is 0 Å². The van der Waals surface area contributed by atoms with Crippen LogP contribution >= 0.6 is 27.3 Å². The molecule has 2 atom stereocenters. The largest absolute Gasteiger partial charge is 0.309 e. The quantitative estimate of drug-likeness (QED) is 0.870. The second-order valence-electron chi connectivity index (χ2n) is 5.20. The topological polar surface area (TPSA) is 46.2 Å². The molecule has 1 aliphatic heterocycles. The molecule has 3 nitrogen and oxygen atoms in total. The average molecular weight is 366 g/mol. The molecule has 1 aliphatic rings. The van der Waals surface area contributed by atoms with Crippen LogP contribution in [0.3, 0.4) is 0 Å². The van der Waals surface area contributed by atoms with Gasteiger partial charge in [-0.05, 0) is 59.8 Å². The molecule has 0 saturated carbocycles. The molecule has 1 N–H and O–H groups in total. The Morgan fingerprint density at radius 1 is 1.58 bits per heavy atom. The van der Waals surface area contributed by atoms with E-state index in [2.05, 4.69) is 41.2 Å². The van der Waals surface area contributed by atoms with Crippen molar-refractivity contribution in [2.75, 3.05) is 18.1 Å². The van der Waals surface area contributed by atoms with Crippen LogP contribution in [0.2, 0.25) is 0 Å². The Morgan fingerprint density at radius 3 is 2.79 bits per heavy atom. The van der Waals surface area contributed by atoms with Crippen LogP contribution in [0.5, 0.6) is 0 Å². The van der Waals surface area contributed by atoms with Crippen molar-refractivity contribution < 1.29 is 8.42 Å². The Hall–Kier alpha value is 0.0900. The van der Waals surface area contributed by atoms with Crippen LogP contribution in [0, 0.1) is 12.8 Å². The van der Waals surface area contributed by atoms with Crippen LogP contribution in [-0.4, -0.2) is 26.5 Å². The van der Waals surface area contributed by atoms with Crippen molar-refractivity contribution in [3.05, 3.63) is 20.3 Å². The lowest BCUT2D eigenvalue weighted by Gasteiger charge is -2.22. The van der Waals surface area contributed by atoms with Gasteiger partial charge in [-0.3, -0.25) is 0 Å². The highest BCUT2D eigenvalue weighted by Crippen LogP contribution is 2.38. The van der Waals surface area contributed by atoms with Gasteiger partial charge in [0, 0.05) is 10.9 Å². The molecule has 0 amide bonds. The van der Waals surface area contributed by atoms with Crippen LogP contribution in [-0.2, 0) is 9.84 Å². The Balaban J connectivity index is 2.21. The minimum atomic E-state index is -2.82. The van der Waals surface area contributed by atoms with E-state index in [0.29, 0.717) is 11.5 Å². The van der Waals surface area contributed by atoms with Gasteiger partial charge in [-0.25, -0.2) is 8.42 Å². The first kappa shape index (κ1) is 15.5. The van der Waals surface area contributed by atoms with Crippen LogP contribution < -0.4 is 5.32 Å². The van der Waals surface area contributed by atoms with Crippen molar-refractivity contribution in [1.82, 2.24) is 5.32 Å². The molecule has 0 aromatic carbocycles. The molecule has 1 saturated heterocycles. The van der Waals surface area contributed by atoms with Gasteiger partial charge in [-0.1, -0.05) is 6.92 Å². The maximum atomic E-state index is 11.7. The van der Waals surface area contributed by atoms with Gasteiger partial charge in [-0.2, -0.15) is 0 Å². The summed E-state index contributed by atoms with van der Waals surface area (Å²) in [6.07, 6.45) is 1.83. The number of nitrogens with one attached hydrogen (secondary N) is 1. The van der Waals surface area contributed by atoms with Crippen LogP contribution in [0.1, 0.15) is 36.2 Å². The molecule has 19 heavy (non-hydrogen) atoms. The number of sulfone groups is 1. The number of rotatable bonds is 5. The summed E-state index contributed by atoms with van der Waals surface area (Å²) in [5.74, 6) is 0.873. The zero-order valence-electron chi connectivity index (χ0n) is 11.3. The summed E-state index contributed by atoms with van der Waals surface area (Å²) in [5.41, 5.74) is 1.23. The van der Waals surface area contributed by atoms with Crippen LogP contribution in [0.15, 0.2) is 9.85 Å². The summed E-state index contributed by atoms with van der Waals surface area (Å²) in [5, 5.41) is 3.53. The van der Waals surface area contributed by atoms with E-state index in [0.717, 1.165) is 23.2 Å². The molecule has 2 heterocycles. The predicted octanol–water partition coefficient (Wildman–Crippen LogP) is 3.29. The summed E-state index contributed by atoms with van der Waals surface area (Å²) < 4.78 is 24.5. The lowest BCUT2D eigenvalue weighted by atomic mass is 9.97. The summed E-state index contributed by atoms with van der Waals surface area (Å²) in [7, 11) is -2.82. The van der Waals surface area contributed by atoms with E-state index < -0.39 is 9.84 Å². The minimum Gasteiger partial charge on any atom is -0.309 e. The first-order chi connectivity index (χ1) is 8.93. The first-order valence-corrected chi connectivity index (χ1v) is 10.1. The summed E-state index contributed by atoms with van der Waals surface area (Å²) in [6.45, 7) is 5.13. The third kappa shape index (κ3) is 3.80. The standard InChI is InChI=1S/C13H20BrNO2S2/c1-3-5-15-12(10-4-6-19(16,17)8-10)11-7-9(2)13(14)18-11/h7,10,12,15H,3-6,8H2,1-2H3. The van der Waals surface area contributed by atoms with E-state index in [1.165, 1.54) is 10.4 Å². The van der Waals surface area contributed by atoms with Crippen molar-refractivity contribution in [2.24, 2.45) is 5.92 Å². The monoisotopic (exact) mass is 365 g/mol. The SMILES string of the molecule is CCCNC(c1cc(C)c(Br)s1)C1CCS(=O)(=O)C1. The number of halogens is 1. The predicted molar refractivity (Wildman–Crippen MR) is 84.6 cm³/mol. The molecule has 1 fully saturated rings. The Bertz CT molecular complexity index is 519. The molecule has 1 aromatic rings. The second-order valence-corrected chi connectivity index (χ2v) is 9.83. The maximum absolute atomic E-state index is 11.7. The lowest BCUT2D eigenvalue weighted by Crippen LogP contribution is -2.29. The zero-order valence-corrected chi connectivity index (χ0v) is 14.5. The maximum Gasteiger partial charge on any atom is 0.150 e. The van der Waals surface area contributed by atoms with Gasteiger partial charge in [0.05, 0.1) is 15.3 Å². The van der Waals surface area contributed by atoms with Gasteiger partial charge in [0.15, 0.2) is 9.84 Å². The second kappa shape index (κ2) is 6.24. The van der Waals surface area contributed by atoms with E-state index in [1.54, 1.807) is 11.3 Å². The molecule has 2 unspecified atom stereocenters.